The molecule has 1 heterocycles. The number of nitrogens with one attached hydrogen (secondary N) is 2. The summed E-state index contributed by atoms with van der Waals surface area (Å²) in [6, 6.07) is 11.7. The lowest BCUT2D eigenvalue weighted by molar-refractivity contribution is -0.117. The first-order chi connectivity index (χ1) is 11.1. The van der Waals surface area contributed by atoms with Crippen LogP contribution in [0.3, 0.4) is 0 Å². The summed E-state index contributed by atoms with van der Waals surface area (Å²) in [5.41, 5.74) is 12.8. The van der Waals surface area contributed by atoms with E-state index in [1.807, 2.05) is 0 Å². The number of nitrogens with two attached hydrogens (primary N) is 2. The molecule has 0 saturated carbocycles. The molecule has 1 aromatic carbocycles. The highest BCUT2D eigenvalue weighted by Crippen LogP contribution is 2.07. The zero-order chi connectivity index (χ0) is 16.7. The minimum atomic E-state index is -0.695. The molecule has 0 aliphatic carbocycles. The fourth-order valence-electron chi connectivity index (χ4n) is 1.63. The average Bonchev–Trinajstić information content (AvgIpc) is 3.05. The molecule has 8 heteroatoms. The van der Waals surface area contributed by atoms with E-state index in [4.69, 9.17) is 15.9 Å². The van der Waals surface area contributed by atoms with Crippen LogP contribution < -0.4 is 22.2 Å². The average molecular weight is 313 g/mol. The molecule has 0 spiro atoms. The standard InChI is InChI=1S/C15H15N5O3/c16-15(17)20-19-14(22)12(9-11-7-4-8-23-11)18-13(21)10-5-2-1-3-6-10/h1-9H,(H,18,21)(H,19,22)(H4,16,17,20)/b12-9-. The lowest BCUT2D eigenvalue weighted by atomic mass is 10.2. The predicted molar refractivity (Wildman–Crippen MR) is 84.5 cm³/mol. The number of carbonyl (C=O) groups is 2. The fraction of sp³-hybridized carbons (Fsp3) is 0. The highest BCUT2D eigenvalue weighted by Gasteiger charge is 2.15. The molecule has 2 amide bonds. The van der Waals surface area contributed by atoms with Crippen molar-refractivity contribution < 1.29 is 14.0 Å². The van der Waals surface area contributed by atoms with Crippen molar-refractivity contribution in [1.82, 2.24) is 10.7 Å². The summed E-state index contributed by atoms with van der Waals surface area (Å²) in [5.74, 6) is -1.08. The SMILES string of the molecule is NC(N)=NNC(=O)/C(=C/c1ccco1)NC(=O)c1ccccc1. The molecular weight excluding hydrogens is 298 g/mol. The molecule has 2 rings (SSSR count). The Bertz CT molecular complexity index is 732. The number of guanidine groups is 1. The number of hydrazone groups is 1. The summed E-state index contributed by atoms with van der Waals surface area (Å²) in [7, 11) is 0. The smallest absolute Gasteiger partial charge is 0.288 e. The van der Waals surface area contributed by atoms with Gasteiger partial charge in [-0.15, -0.1) is 5.10 Å². The minimum Gasteiger partial charge on any atom is -0.465 e. The second-order valence-electron chi connectivity index (χ2n) is 4.37. The summed E-state index contributed by atoms with van der Waals surface area (Å²) in [5, 5.41) is 5.90. The van der Waals surface area contributed by atoms with Gasteiger partial charge in [-0.25, -0.2) is 5.43 Å². The molecule has 0 aliphatic heterocycles. The van der Waals surface area contributed by atoms with Crippen LogP contribution in [0.4, 0.5) is 0 Å². The van der Waals surface area contributed by atoms with Crippen LogP contribution >= 0.6 is 0 Å². The summed E-state index contributed by atoms with van der Waals surface area (Å²) in [4.78, 5) is 24.3. The van der Waals surface area contributed by atoms with E-state index in [1.54, 1.807) is 42.5 Å². The number of furan rings is 1. The van der Waals surface area contributed by atoms with Crippen LogP contribution in [0.15, 0.2) is 63.9 Å². The first-order valence-corrected chi connectivity index (χ1v) is 6.57. The quantitative estimate of drug-likeness (QED) is 0.273. The molecule has 0 atom stereocenters. The topological polar surface area (TPSA) is 136 Å². The van der Waals surface area contributed by atoms with Crippen LogP contribution in [-0.2, 0) is 4.79 Å². The zero-order valence-electron chi connectivity index (χ0n) is 12.0. The van der Waals surface area contributed by atoms with Crippen molar-refractivity contribution in [2.75, 3.05) is 0 Å². The Morgan fingerprint density at radius 1 is 1.09 bits per heavy atom. The van der Waals surface area contributed by atoms with Gasteiger partial charge in [-0.1, -0.05) is 18.2 Å². The van der Waals surface area contributed by atoms with E-state index in [2.05, 4.69) is 15.8 Å². The van der Waals surface area contributed by atoms with Crippen molar-refractivity contribution in [1.29, 1.82) is 0 Å². The van der Waals surface area contributed by atoms with Gasteiger partial charge in [0.15, 0.2) is 0 Å². The van der Waals surface area contributed by atoms with E-state index in [1.165, 1.54) is 12.3 Å². The van der Waals surface area contributed by atoms with Gasteiger partial charge in [-0.2, -0.15) is 0 Å². The molecule has 0 unspecified atom stereocenters. The van der Waals surface area contributed by atoms with Crippen molar-refractivity contribution in [3.05, 3.63) is 65.7 Å². The third-order valence-electron chi connectivity index (χ3n) is 2.65. The number of rotatable bonds is 5. The first kappa shape index (κ1) is 15.8. The molecule has 8 nitrogen and oxygen atoms in total. The molecule has 0 fully saturated rings. The van der Waals surface area contributed by atoms with Gasteiger partial charge in [0, 0.05) is 11.6 Å². The summed E-state index contributed by atoms with van der Waals surface area (Å²) >= 11 is 0. The molecule has 2 aromatic rings. The van der Waals surface area contributed by atoms with Crippen molar-refractivity contribution >= 4 is 23.8 Å². The second-order valence-corrected chi connectivity index (χ2v) is 4.37. The lowest BCUT2D eigenvalue weighted by Crippen LogP contribution is -2.35. The van der Waals surface area contributed by atoms with Gasteiger partial charge >= 0.3 is 0 Å². The Labute approximate surface area is 131 Å². The van der Waals surface area contributed by atoms with E-state index in [0.29, 0.717) is 11.3 Å². The molecule has 0 bridgehead atoms. The van der Waals surface area contributed by atoms with E-state index in [-0.39, 0.29) is 11.7 Å². The molecular formula is C15H15N5O3. The van der Waals surface area contributed by atoms with Gasteiger partial charge in [0.25, 0.3) is 11.8 Å². The molecule has 6 N–H and O–H groups in total. The van der Waals surface area contributed by atoms with E-state index < -0.39 is 11.8 Å². The van der Waals surface area contributed by atoms with Crippen LogP contribution in [-0.4, -0.2) is 17.8 Å². The summed E-state index contributed by atoms with van der Waals surface area (Å²) in [6.45, 7) is 0. The Morgan fingerprint density at radius 2 is 1.83 bits per heavy atom. The zero-order valence-corrected chi connectivity index (χ0v) is 12.0. The van der Waals surface area contributed by atoms with E-state index in [9.17, 15) is 9.59 Å². The van der Waals surface area contributed by atoms with Crippen molar-refractivity contribution in [3.63, 3.8) is 0 Å². The number of nitrogens with zero attached hydrogens (tertiary/aromatic N) is 1. The van der Waals surface area contributed by atoms with Crippen LogP contribution in [0.2, 0.25) is 0 Å². The third-order valence-corrected chi connectivity index (χ3v) is 2.65. The lowest BCUT2D eigenvalue weighted by Gasteiger charge is -2.08. The molecule has 118 valence electrons. The summed E-state index contributed by atoms with van der Waals surface area (Å²) < 4.78 is 5.13. The van der Waals surface area contributed by atoms with E-state index in [0.717, 1.165) is 0 Å². The van der Waals surface area contributed by atoms with Gasteiger partial charge in [-0.3, -0.25) is 9.59 Å². The first-order valence-electron chi connectivity index (χ1n) is 6.57. The monoisotopic (exact) mass is 313 g/mol. The van der Waals surface area contributed by atoms with Crippen LogP contribution in [0.25, 0.3) is 6.08 Å². The second kappa shape index (κ2) is 7.46. The maximum absolute atomic E-state index is 12.2. The number of amides is 2. The normalized spacial score (nSPS) is 10.7. The van der Waals surface area contributed by atoms with Gasteiger partial charge < -0.3 is 21.2 Å². The van der Waals surface area contributed by atoms with Gasteiger partial charge in [0.05, 0.1) is 6.26 Å². The van der Waals surface area contributed by atoms with E-state index >= 15 is 0 Å². The molecule has 0 saturated heterocycles. The maximum Gasteiger partial charge on any atom is 0.288 e. The molecule has 23 heavy (non-hydrogen) atoms. The summed E-state index contributed by atoms with van der Waals surface area (Å²) in [6.07, 6.45) is 2.80. The Kier molecular flexibility index (Phi) is 5.13. The number of hydrogen-bond acceptors (Lipinski definition) is 4. The third kappa shape index (κ3) is 4.74. The number of benzene rings is 1. The Morgan fingerprint density at radius 3 is 2.43 bits per heavy atom. The largest absolute Gasteiger partial charge is 0.465 e. The van der Waals surface area contributed by atoms with Crippen molar-refractivity contribution in [2.45, 2.75) is 0 Å². The molecule has 1 aromatic heterocycles. The number of carbonyl (C=O) groups excluding carboxylic acids is 2. The Balaban J connectivity index is 2.22. The molecule has 0 aliphatic rings. The van der Waals surface area contributed by atoms with Gasteiger partial charge in [-0.05, 0) is 24.3 Å². The predicted octanol–water partition coefficient (Wildman–Crippen LogP) is 0.355. The highest BCUT2D eigenvalue weighted by atomic mass is 16.3. The van der Waals surface area contributed by atoms with Crippen LogP contribution in [0.5, 0.6) is 0 Å². The molecule has 0 radical (unpaired) electrons. The fourth-order valence-corrected chi connectivity index (χ4v) is 1.63. The van der Waals surface area contributed by atoms with Crippen molar-refractivity contribution in [2.24, 2.45) is 16.6 Å². The Hall–Kier alpha value is -3.55. The van der Waals surface area contributed by atoms with Crippen molar-refractivity contribution in [3.8, 4) is 0 Å². The maximum atomic E-state index is 12.2. The number of hydrogen-bond donors (Lipinski definition) is 4. The van der Waals surface area contributed by atoms with Gasteiger partial charge in [0.2, 0.25) is 5.96 Å². The van der Waals surface area contributed by atoms with Gasteiger partial charge in [0.1, 0.15) is 11.5 Å². The van der Waals surface area contributed by atoms with Crippen LogP contribution in [0.1, 0.15) is 16.1 Å². The van der Waals surface area contributed by atoms with Crippen LogP contribution in [0, 0.1) is 0 Å². The highest BCUT2D eigenvalue weighted by molar-refractivity contribution is 6.05. The minimum absolute atomic E-state index is 0.0706.